The normalized spacial score (nSPS) is 13.2. The molecule has 0 fully saturated rings. The maximum absolute atomic E-state index is 12.6. The number of esters is 2. The van der Waals surface area contributed by atoms with Crippen LogP contribution >= 0.6 is 0 Å². The van der Waals surface area contributed by atoms with Crippen molar-refractivity contribution in [2.45, 2.75) is 207 Å². The van der Waals surface area contributed by atoms with Gasteiger partial charge in [0.05, 0.1) is 6.61 Å². The van der Waals surface area contributed by atoms with Crippen molar-refractivity contribution >= 4 is 11.9 Å². The van der Waals surface area contributed by atoms with Gasteiger partial charge < -0.3 is 14.6 Å². The summed E-state index contributed by atoms with van der Waals surface area (Å²) >= 11 is 0. The van der Waals surface area contributed by atoms with Crippen molar-refractivity contribution in [2.75, 3.05) is 6.61 Å². The summed E-state index contributed by atoms with van der Waals surface area (Å²) in [4.78, 5) is 25.1. The molecule has 0 aliphatic heterocycles. The lowest BCUT2D eigenvalue weighted by Gasteiger charge is -2.32. The molecule has 0 saturated heterocycles. The average molecular weight is 584 g/mol. The molecule has 0 aliphatic carbocycles. The Hall–Kier alpha value is -1.14. The minimum atomic E-state index is -0.921. The van der Waals surface area contributed by atoms with E-state index in [1.165, 1.54) is 103 Å². The molecule has 0 aromatic heterocycles. The van der Waals surface area contributed by atoms with Gasteiger partial charge in [-0.3, -0.25) is 14.9 Å². The highest BCUT2D eigenvalue weighted by Gasteiger charge is 2.31. The van der Waals surface area contributed by atoms with Gasteiger partial charge >= 0.3 is 11.9 Å². The van der Waals surface area contributed by atoms with Crippen molar-refractivity contribution in [1.82, 2.24) is 5.32 Å². The van der Waals surface area contributed by atoms with Crippen LogP contribution in [-0.2, 0) is 19.1 Å². The summed E-state index contributed by atoms with van der Waals surface area (Å²) in [5.41, 5.74) is -0.378. The number of aliphatic hydroxyl groups is 1. The quantitative estimate of drug-likeness (QED) is 0.0518. The molecule has 0 saturated carbocycles. The summed E-state index contributed by atoms with van der Waals surface area (Å²) in [5.74, 6) is -0.662. The molecule has 0 aromatic rings. The smallest absolute Gasteiger partial charge is 0.307 e. The van der Waals surface area contributed by atoms with Gasteiger partial charge in [-0.1, -0.05) is 142 Å². The van der Waals surface area contributed by atoms with E-state index >= 15 is 0 Å². The highest BCUT2D eigenvalue weighted by atomic mass is 16.6. The van der Waals surface area contributed by atoms with Gasteiger partial charge in [0.1, 0.15) is 0 Å². The third-order valence-corrected chi connectivity index (χ3v) is 7.60. The molecular weight excluding hydrogens is 514 g/mol. The monoisotopic (exact) mass is 584 g/mol. The van der Waals surface area contributed by atoms with Gasteiger partial charge in [0.2, 0.25) is 0 Å². The van der Waals surface area contributed by atoms with E-state index in [1.807, 2.05) is 20.8 Å². The fourth-order valence-corrected chi connectivity index (χ4v) is 5.12. The van der Waals surface area contributed by atoms with Crippen LogP contribution in [0.2, 0.25) is 0 Å². The van der Waals surface area contributed by atoms with Crippen LogP contribution in [0.15, 0.2) is 0 Å². The molecule has 0 bridgehead atoms. The number of hydrogen-bond donors (Lipinski definition) is 2. The standard InChI is InChI=1S/C35H69NO5/c1-6-8-10-12-14-16-18-20-22-24-26-28-32(38)40-31(30-37)34(36-35(3,4)5)41-33(39)29-27-25-23-21-19-17-15-13-11-9-7-2/h31,34,36-37H,6-30H2,1-5H3. The lowest BCUT2D eigenvalue weighted by molar-refractivity contribution is -0.176. The summed E-state index contributed by atoms with van der Waals surface area (Å²) < 4.78 is 11.3. The Morgan fingerprint density at radius 1 is 0.561 bits per heavy atom. The van der Waals surface area contributed by atoms with E-state index < -0.39 is 18.9 Å². The van der Waals surface area contributed by atoms with Gasteiger partial charge in [-0.05, 0) is 33.6 Å². The second-order valence-corrected chi connectivity index (χ2v) is 13.1. The molecule has 41 heavy (non-hydrogen) atoms. The number of carbonyl (C=O) groups excluding carboxylic acids is 2. The van der Waals surface area contributed by atoms with Crippen LogP contribution in [0, 0.1) is 0 Å². The van der Waals surface area contributed by atoms with Crippen LogP contribution in [-0.4, -0.2) is 41.5 Å². The largest absolute Gasteiger partial charge is 0.454 e. The van der Waals surface area contributed by atoms with Crippen molar-refractivity contribution in [1.29, 1.82) is 0 Å². The second-order valence-electron chi connectivity index (χ2n) is 13.1. The van der Waals surface area contributed by atoms with Crippen LogP contribution < -0.4 is 5.32 Å². The lowest BCUT2D eigenvalue weighted by Crippen LogP contribution is -2.54. The molecule has 6 heteroatoms. The minimum Gasteiger partial charge on any atom is -0.454 e. The Labute approximate surface area is 254 Å². The molecule has 0 rings (SSSR count). The number of nitrogens with one attached hydrogen (secondary N) is 1. The Morgan fingerprint density at radius 3 is 1.20 bits per heavy atom. The van der Waals surface area contributed by atoms with E-state index in [-0.39, 0.29) is 17.5 Å². The summed E-state index contributed by atoms with van der Waals surface area (Å²) in [5, 5.41) is 13.2. The van der Waals surface area contributed by atoms with Gasteiger partial charge in [0, 0.05) is 18.4 Å². The number of aliphatic hydroxyl groups excluding tert-OH is 1. The zero-order valence-electron chi connectivity index (χ0n) is 27.9. The third kappa shape index (κ3) is 27.4. The minimum absolute atomic E-state index is 0.317. The predicted molar refractivity (Wildman–Crippen MR) is 172 cm³/mol. The van der Waals surface area contributed by atoms with Crippen molar-refractivity contribution in [3.8, 4) is 0 Å². The van der Waals surface area contributed by atoms with Crippen molar-refractivity contribution in [2.24, 2.45) is 0 Å². The highest BCUT2D eigenvalue weighted by molar-refractivity contribution is 5.70. The maximum Gasteiger partial charge on any atom is 0.307 e. The maximum atomic E-state index is 12.6. The molecule has 2 N–H and O–H groups in total. The lowest BCUT2D eigenvalue weighted by atomic mass is 10.1. The molecule has 0 spiro atoms. The second kappa shape index (κ2) is 27.7. The topological polar surface area (TPSA) is 84.9 Å². The van der Waals surface area contributed by atoms with Crippen LogP contribution in [0.25, 0.3) is 0 Å². The summed E-state index contributed by atoms with van der Waals surface area (Å²) in [6, 6.07) is 0. The number of rotatable bonds is 29. The summed E-state index contributed by atoms with van der Waals surface area (Å²) in [6.07, 6.45) is 25.7. The zero-order chi connectivity index (χ0) is 30.6. The van der Waals surface area contributed by atoms with Crippen molar-refractivity contribution < 1.29 is 24.2 Å². The fraction of sp³-hybridized carbons (Fsp3) is 0.943. The highest BCUT2D eigenvalue weighted by Crippen LogP contribution is 2.16. The molecule has 6 nitrogen and oxygen atoms in total. The van der Waals surface area contributed by atoms with Crippen LogP contribution in [0.1, 0.15) is 189 Å². The molecule has 2 atom stereocenters. The van der Waals surface area contributed by atoms with Gasteiger partial charge in [-0.2, -0.15) is 0 Å². The SMILES string of the molecule is CCCCCCCCCCCCCC(=O)OC(CO)C(NC(C)(C)C)OC(=O)CCCCCCCCCCCCC. The number of hydrogen-bond acceptors (Lipinski definition) is 6. The summed E-state index contributed by atoms with van der Waals surface area (Å²) in [6.45, 7) is 9.97. The Morgan fingerprint density at radius 2 is 0.878 bits per heavy atom. The first-order valence-electron chi connectivity index (χ1n) is 17.5. The molecule has 2 unspecified atom stereocenters. The first-order valence-corrected chi connectivity index (χ1v) is 17.5. The van der Waals surface area contributed by atoms with Gasteiger partial charge in [0.25, 0.3) is 0 Å². The van der Waals surface area contributed by atoms with Crippen LogP contribution in [0.3, 0.4) is 0 Å². The van der Waals surface area contributed by atoms with E-state index in [1.54, 1.807) is 0 Å². The Kier molecular flexibility index (Phi) is 26.9. The molecule has 0 radical (unpaired) electrons. The van der Waals surface area contributed by atoms with E-state index in [0.717, 1.165) is 38.5 Å². The van der Waals surface area contributed by atoms with Gasteiger partial charge in [-0.25, -0.2) is 0 Å². The summed E-state index contributed by atoms with van der Waals surface area (Å²) in [7, 11) is 0. The van der Waals surface area contributed by atoms with Crippen molar-refractivity contribution in [3.05, 3.63) is 0 Å². The van der Waals surface area contributed by atoms with Gasteiger partial charge in [0.15, 0.2) is 12.3 Å². The molecule has 0 aromatic carbocycles. The Bertz CT molecular complexity index is 604. The third-order valence-electron chi connectivity index (χ3n) is 7.60. The molecule has 0 aliphatic rings. The first kappa shape index (κ1) is 39.9. The average Bonchev–Trinajstić information content (AvgIpc) is 2.92. The zero-order valence-corrected chi connectivity index (χ0v) is 27.9. The predicted octanol–water partition coefficient (Wildman–Crippen LogP) is 9.55. The van der Waals surface area contributed by atoms with E-state index in [0.29, 0.717) is 12.8 Å². The van der Waals surface area contributed by atoms with Gasteiger partial charge in [-0.15, -0.1) is 0 Å². The molecular formula is C35H69NO5. The first-order chi connectivity index (χ1) is 19.7. The van der Waals surface area contributed by atoms with Crippen molar-refractivity contribution in [3.63, 3.8) is 0 Å². The molecule has 0 heterocycles. The van der Waals surface area contributed by atoms with Crippen LogP contribution in [0.4, 0.5) is 0 Å². The number of ether oxygens (including phenoxy) is 2. The fourth-order valence-electron chi connectivity index (χ4n) is 5.12. The number of unbranched alkanes of at least 4 members (excludes halogenated alkanes) is 20. The Balaban J connectivity index is 4.24. The van der Waals surface area contributed by atoms with Crippen LogP contribution in [0.5, 0.6) is 0 Å². The molecule has 0 amide bonds. The molecule has 244 valence electrons. The van der Waals surface area contributed by atoms with E-state index in [4.69, 9.17) is 9.47 Å². The number of carbonyl (C=O) groups is 2. The van der Waals surface area contributed by atoms with E-state index in [9.17, 15) is 14.7 Å². The van der Waals surface area contributed by atoms with E-state index in [2.05, 4.69) is 19.2 Å².